The van der Waals surface area contributed by atoms with Gasteiger partial charge in [0.2, 0.25) is 0 Å². The first-order valence-corrected chi connectivity index (χ1v) is 10.5. The Morgan fingerprint density at radius 3 is 2.09 bits per heavy atom. The summed E-state index contributed by atoms with van der Waals surface area (Å²) in [6, 6.07) is 19.2. The molecule has 7 heteroatoms. The molecule has 1 aromatic heterocycles. The maximum atomic E-state index is 13.1. The van der Waals surface area contributed by atoms with Gasteiger partial charge in [0.15, 0.2) is 0 Å². The van der Waals surface area contributed by atoms with Gasteiger partial charge in [-0.1, -0.05) is 24.3 Å². The molecular weight excluding hydrogens is 424 g/mol. The molecule has 0 spiro atoms. The Morgan fingerprint density at radius 1 is 0.879 bits per heavy atom. The Labute approximate surface area is 190 Å². The lowest BCUT2D eigenvalue weighted by molar-refractivity contribution is 0.102. The van der Waals surface area contributed by atoms with Crippen molar-refractivity contribution in [3.63, 3.8) is 0 Å². The van der Waals surface area contributed by atoms with Crippen molar-refractivity contribution in [2.75, 3.05) is 5.32 Å². The summed E-state index contributed by atoms with van der Waals surface area (Å²) in [6.07, 6.45) is 0. The van der Waals surface area contributed by atoms with E-state index < -0.39 is 0 Å². The normalized spacial score (nSPS) is 10.8. The Kier molecular flexibility index (Phi) is 6.49. The van der Waals surface area contributed by atoms with Crippen LogP contribution < -0.4 is 10.1 Å². The molecule has 0 aliphatic carbocycles. The van der Waals surface area contributed by atoms with Crippen molar-refractivity contribution in [3.8, 4) is 5.75 Å². The van der Waals surface area contributed by atoms with E-state index in [2.05, 4.69) is 10.4 Å². The number of benzene rings is 3. The number of aryl methyl sites for hydroxylation is 1. The van der Waals surface area contributed by atoms with Crippen LogP contribution in [0.4, 0.5) is 14.5 Å². The zero-order valence-corrected chi connectivity index (χ0v) is 18.3. The molecule has 0 unspecified atom stereocenters. The SMILES string of the molecule is Cc1nn(Cc2ccc(F)cc2)c(C)c1NC(=O)c1ccc(COc2ccc(F)cc2)cc1. The number of nitrogens with one attached hydrogen (secondary N) is 1. The van der Waals surface area contributed by atoms with E-state index in [1.54, 1.807) is 41.1 Å². The van der Waals surface area contributed by atoms with Crippen LogP contribution in [-0.2, 0) is 13.2 Å². The number of carbonyl (C=O) groups excluding carboxylic acids is 1. The van der Waals surface area contributed by atoms with E-state index in [0.29, 0.717) is 35.8 Å². The third-order valence-electron chi connectivity index (χ3n) is 5.30. The fraction of sp³-hybridized carbons (Fsp3) is 0.154. The van der Waals surface area contributed by atoms with Crippen molar-refractivity contribution >= 4 is 11.6 Å². The molecule has 33 heavy (non-hydrogen) atoms. The van der Waals surface area contributed by atoms with Crippen LogP contribution in [0.2, 0.25) is 0 Å². The number of ether oxygens (including phenoxy) is 1. The first-order chi connectivity index (χ1) is 15.9. The number of hydrogen-bond acceptors (Lipinski definition) is 3. The summed E-state index contributed by atoms with van der Waals surface area (Å²) in [5.41, 5.74) is 4.48. The van der Waals surface area contributed by atoms with Gasteiger partial charge in [-0.3, -0.25) is 9.48 Å². The predicted molar refractivity (Wildman–Crippen MR) is 122 cm³/mol. The zero-order valence-electron chi connectivity index (χ0n) is 18.3. The van der Waals surface area contributed by atoms with Crippen molar-refractivity contribution < 1.29 is 18.3 Å². The maximum Gasteiger partial charge on any atom is 0.255 e. The van der Waals surface area contributed by atoms with E-state index in [-0.39, 0.29) is 17.5 Å². The van der Waals surface area contributed by atoms with Gasteiger partial charge < -0.3 is 10.1 Å². The molecule has 0 fully saturated rings. The molecule has 5 nitrogen and oxygen atoms in total. The Balaban J connectivity index is 1.40. The average molecular weight is 447 g/mol. The van der Waals surface area contributed by atoms with Crippen molar-refractivity contribution in [2.45, 2.75) is 27.0 Å². The van der Waals surface area contributed by atoms with Crippen molar-refractivity contribution in [1.29, 1.82) is 0 Å². The Bertz CT molecular complexity index is 1250. The molecule has 4 rings (SSSR count). The lowest BCUT2D eigenvalue weighted by atomic mass is 10.1. The summed E-state index contributed by atoms with van der Waals surface area (Å²) in [5.74, 6) is -0.271. The summed E-state index contributed by atoms with van der Waals surface area (Å²) in [5, 5.41) is 7.46. The van der Waals surface area contributed by atoms with Crippen LogP contribution in [0.5, 0.6) is 5.75 Å². The number of aromatic nitrogens is 2. The Morgan fingerprint density at radius 2 is 1.45 bits per heavy atom. The average Bonchev–Trinajstić information content (AvgIpc) is 3.08. The standard InChI is InChI=1S/C26H23F2N3O2/c1-17-25(18(2)31(30-17)15-19-5-9-22(27)10-6-19)29-26(32)21-7-3-20(4-8-21)16-33-24-13-11-23(28)12-14-24/h3-14H,15-16H2,1-2H3,(H,29,32). The van der Waals surface area contributed by atoms with Gasteiger partial charge in [-0.25, -0.2) is 8.78 Å². The molecule has 4 aromatic rings. The van der Waals surface area contributed by atoms with Gasteiger partial charge in [-0.2, -0.15) is 5.10 Å². The van der Waals surface area contributed by atoms with Crippen molar-refractivity contribution in [2.24, 2.45) is 0 Å². The molecule has 1 amide bonds. The van der Waals surface area contributed by atoms with Gasteiger partial charge in [0.05, 0.1) is 23.6 Å². The number of hydrogen-bond donors (Lipinski definition) is 1. The highest BCUT2D eigenvalue weighted by Gasteiger charge is 2.15. The highest BCUT2D eigenvalue weighted by atomic mass is 19.1. The predicted octanol–water partition coefficient (Wildman–Crippen LogP) is 5.66. The van der Waals surface area contributed by atoms with Gasteiger partial charge in [0, 0.05) is 5.56 Å². The quantitative estimate of drug-likeness (QED) is 0.398. The van der Waals surface area contributed by atoms with Crippen LogP contribution in [0.15, 0.2) is 72.8 Å². The van der Waals surface area contributed by atoms with Crippen LogP contribution in [0, 0.1) is 25.5 Å². The molecule has 3 aromatic carbocycles. The number of carbonyl (C=O) groups is 1. The second kappa shape index (κ2) is 9.65. The van der Waals surface area contributed by atoms with Gasteiger partial charge in [0.1, 0.15) is 24.0 Å². The van der Waals surface area contributed by atoms with Gasteiger partial charge in [-0.05, 0) is 73.5 Å². The summed E-state index contributed by atoms with van der Waals surface area (Å²) < 4.78 is 33.5. The van der Waals surface area contributed by atoms with Crippen molar-refractivity contribution in [1.82, 2.24) is 9.78 Å². The summed E-state index contributed by atoms with van der Waals surface area (Å²) >= 11 is 0. The molecule has 0 saturated carbocycles. The second-order valence-corrected chi connectivity index (χ2v) is 7.72. The third-order valence-corrected chi connectivity index (χ3v) is 5.30. The number of anilines is 1. The molecule has 1 N–H and O–H groups in total. The van der Waals surface area contributed by atoms with Crippen LogP contribution in [0.25, 0.3) is 0 Å². The highest BCUT2D eigenvalue weighted by molar-refractivity contribution is 6.04. The molecule has 0 radical (unpaired) electrons. The number of rotatable bonds is 7. The molecule has 0 atom stereocenters. The monoisotopic (exact) mass is 447 g/mol. The largest absolute Gasteiger partial charge is 0.489 e. The first-order valence-electron chi connectivity index (χ1n) is 10.5. The lowest BCUT2D eigenvalue weighted by Crippen LogP contribution is -2.13. The minimum Gasteiger partial charge on any atom is -0.489 e. The molecule has 0 saturated heterocycles. The summed E-state index contributed by atoms with van der Waals surface area (Å²) in [7, 11) is 0. The minimum absolute atomic E-state index is 0.242. The van der Waals surface area contributed by atoms with Crippen molar-refractivity contribution in [3.05, 3.63) is 113 Å². The fourth-order valence-corrected chi connectivity index (χ4v) is 3.43. The number of halogens is 2. The van der Waals surface area contributed by atoms with E-state index >= 15 is 0 Å². The third kappa shape index (κ3) is 5.44. The maximum absolute atomic E-state index is 13.1. The lowest BCUT2D eigenvalue weighted by Gasteiger charge is -2.09. The van der Waals surface area contributed by atoms with Crippen LogP contribution in [0.1, 0.15) is 32.9 Å². The second-order valence-electron chi connectivity index (χ2n) is 7.72. The Hall–Kier alpha value is -4.00. The van der Waals surface area contributed by atoms with Crippen LogP contribution in [0.3, 0.4) is 0 Å². The topological polar surface area (TPSA) is 56.2 Å². The van der Waals surface area contributed by atoms with E-state index in [4.69, 9.17) is 4.74 Å². The summed E-state index contributed by atoms with van der Waals surface area (Å²) in [4.78, 5) is 12.8. The smallest absolute Gasteiger partial charge is 0.255 e. The molecule has 0 aliphatic heterocycles. The van der Waals surface area contributed by atoms with E-state index in [1.807, 2.05) is 26.0 Å². The van der Waals surface area contributed by atoms with Gasteiger partial charge in [-0.15, -0.1) is 0 Å². The van der Waals surface area contributed by atoms with E-state index in [0.717, 1.165) is 16.8 Å². The van der Waals surface area contributed by atoms with E-state index in [1.165, 1.54) is 24.3 Å². The minimum atomic E-state index is -0.316. The molecule has 168 valence electrons. The fourth-order valence-electron chi connectivity index (χ4n) is 3.43. The first kappa shape index (κ1) is 22.2. The number of nitrogens with zero attached hydrogens (tertiary/aromatic N) is 2. The molecular formula is C26H23F2N3O2. The highest BCUT2D eigenvalue weighted by Crippen LogP contribution is 2.22. The molecule has 0 aliphatic rings. The molecule has 0 bridgehead atoms. The zero-order chi connectivity index (χ0) is 23.4. The van der Waals surface area contributed by atoms with Gasteiger partial charge in [0.25, 0.3) is 5.91 Å². The number of amides is 1. The van der Waals surface area contributed by atoms with Gasteiger partial charge >= 0.3 is 0 Å². The van der Waals surface area contributed by atoms with E-state index in [9.17, 15) is 13.6 Å². The van der Waals surface area contributed by atoms with Crippen LogP contribution in [-0.4, -0.2) is 15.7 Å². The summed E-state index contributed by atoms with van der Waals surface area (Å²) in [6.45, 7) is 4.50. The molecule has 1 heterocycles. The van der Waals surface area contributed by atoms with Crippen LogP contribution >= 0.6 is 0 Å².